The van der Waals surface area contributed by atoms with Gasteiger partial charge in [0.15, 0.2) is 0 Å². The zero-order valence-corrected chi connectivity index (χ0v) is 12.0. The SMILES string of the molecule is CCCOCCN1CC(CC)NCC1C(C)C. The van der Waals surface area contributed by atoms with Crippen LogP contribution in [-0.4, -0.2) is 49.8 Å². The molecule has 1 saturated heterocycles. The molecule has 1 N–H and O–H groups in total. The predicted octanol–water partition coefficient (Wildman–Crippen LogP) is 2.12. The molecule has 0 radical (unpaired) electrons. The van der Waals surface area contributed by atoms with Gasteiger partial charge in [0.25, 0.3) is 0 Å². The van der Waals surface area contributed by atoms with E-state index in [2.05, 4.69) is 37.9 Å². The zero-order valence-electron chi connectivity index (χ0n) is 12.0. The second-order valence-corrected chi connectivity index (χ2v) is 5.43. The lowest BCUT2D eigenvalue weighted by atomic mass is 9.98. The van der Waals surface area contributed by atoms with Crippen LogP contribution in [0.4, 0.5) is 0 Å². The third kappa shape index (κ3) is 4.94. The van der Waals surface area contributed by atoms with E-state index in [0.29, 0.717) is 18.0 Å². The number of ether oxygens (including phenoxy) is 1. The van der Waals surface area contributed by atoms with Crippen LogP contribution in [-0.2, 0) is 4.74 Å². The van der Waals surface area contributed by atoms with Gasteiger partial charge in [0, 0.05) is 38.3 Å². The molecule has 3 nitrogen and oxygen atoms in total. The van der Waals surface area contributed by atoms with Crippen LogP contribution < -0.4 is 5.32 Å². The minimum absolute atomic E-state index is 0.663. The van der Waals surface area contributed by atoms with Gasteiger partial charge in [-0.1, -0.05) is 27.7 Å². The van der Waals surface area contributed by atoms with Crippen molar-refractivity contribution in [3.63, 3.8) is 0 Å². The van der Waals surface area contributed by atoms with E-state index in [0.717, 1.165) is 32.7 Å². The van der Waals surface area contributed by atoms with Crippen molar-refractivity contribution < 1.29 is 4.74 Å². The second-order valence-electron chi connectivity index (χ2n) is 5.43. The molecule has 0 aliphatic carbocycles. The molecule has 1 fully saturated rings. The molecule has 0 aromatic heterocycles. The van der Waals surface area contributed by atoms with Crippen molar-refractivity contribution in [2.24, 2.45) is 5.92 Å². The Balaban J connectivity index is 2.37. The van der Waals surface area contributed by atoms with Gasteiger partial charge in [-0.2, -0.15) is 0 Å². The van der Waals surface area contributed by atoms with Gasteiger partial charge >= 0.3 is 0 Å². The second kappa shape index (κ2) is 8.06. The highest BCUT2D eigenvalue weighted by molar-refractivity contribution is 4.87. The van der Waals surface area contributed by atoms with Gasteiger partial charge in [-0.05, 0) is 18.8 Å². The smallest absolute Gasteiger partial charge is 0.0593 e. The molecule has 1 aliphatic rings. The molecule has 1 rings (SSSR count). The first-order valence-electron chi connectivity index (χ1n) is 7.24. The van der Waals surface area contributed by atoms with Gasteiger partial charge in [0.05, 0.1) is 6.61 Å². The van der Waals surface area contributed by atoms with E-state index in [1.807, 2.05) is 0 Å². The van der Waals surface area contributed by atoms with E-state index in [4.69, 9.17) is 4.74 Å². The molecule has 0 bridgehead atoms. The molecule has 0 saturated carbocycles. The Kier molecular flexibility index (Phi) is 7.09. The summed E-state index contributed by atoms with van der Waals surface area (Å²) in [6, 6.07) is 1.33. The summed E-state index contributed by atoms with van der Waals surface area (Å²) in [6.07, 6.45) is 2.34. The van der Waals surface area contributed by atoms with E-state index in [1.54, 1.807) is 0 Å². The number of hydrogen-bond acceptors (Lipinski definition) is 3. The normalized spacial score (nSPS) is 26.6. The van der Waals surface area contributed by atoms with Crippen LogP contribution in [0.5, 0.6) is 0 Å². The zero-order chi connectivity index (χ0) is 12.7. The summed E-state index contributed by atoms with van der Waals surface area (Å²) in [6.45, 7) is 14.2. The van der Waals surface area contributed by atoms with Gasteiger partial charge < -0.3 is 10.1 Å². The summed E-state index contributed by atoms with van der Waals surface area (Å²) < 4.78 is 5.62. The Bertz CT molecular complexity index is 197. The number of nitrogens with one attached hydrogen (secondary N) is 1. The van der Waals surface area contributed by atoms with Crippen molar-refractivity contribution in [1.29, 1.82) is 0 Å². The van der Waals surface area contributed by atoms with E-state index in [-0.39, 0.29) is 0 Å². The van der Waals surface area contributed by atoms with Crippen LogP contribution in [0.3, 0.4) is 0 Å². The largest absolute Gasteiger partial charge is 0.380 e. The minimum atomic E-state index is 0.663. The van der Waals surface area contributed by atoms with Gasteiger partial charge in [-0.3, -0.25) is 4.90 Å². The van der Waals surface area contributed by atoms with Crippen LogP contribution >= 0.6 is 0 Å². The summed E-state index contributed by atoms with van der Waals surface area (Å²) in [5.74, 6) is 0.714. The molecule has 0 amide bonds. The van der Waals surface area contributed by atoms with Crippen molar-refractivity contribution in [3.8, 4) is 0 Å². The summed E-state index contributed by atoms with van der Waals surface area (Å²) in [7, 11) is 0. The fourth-order valence-corrected chi connectivity index (χ4v) is 2.52. The van der Waals surface area contributed by atoms with Crippen LogP contribution in [0.2, 0.25) is 0 Å². The highest BCUT2D eigenvalue weighted by atomic mass is 16.5. The first-order chi connectivity index (χ1) is 8.19. The van der Waals surface area contributed by atoms with Crippen molar-refractivity contribution in [2.75, 3.05) is 32.8 Å². The van der Waals surface area contributed by atoms with Crippen LogP contribution in [0.1, 0.15) is 40.5 Å². The van der Waals surface area contributed by atoms with Crippen molar-refractivity contribution in [3.05, 3.63) is 0 Å². The standard InChI is InChI=1S/C14H30N2O/c1-5-8-17-9-7-16-11-13(6-2)15-10-14(16)12(3)4/h12-15H,5-11H2,1-4H3. The van der Waals surface area contributed by atoms with E-state index in [9.17, 15) is 0 Å². The lowest BCUT2D eigenvalue weighted by molar-refractivity contribution is 0.0500. The molecule has 2 unspecified atom stereocenters. The lowest BCUT2D eigenvalue weighted by Crippen LogP contribution is -2.58. The van der Waals surface area contributed by atoms with Crippen LogP contribution in [0.25, 0.3) is 0 Å². The summed E-state index contributed by atoms with van der Waals surface area (Å²) in [5.41, 5.74) is 0. The molecule has 0 aromatic rings. The Morgan fingerprint density at radius 2 is 2.06 bits per heavy atom. The molecular formula is C14H30N2O. The van der Waals surface area contributed by atoms with E-state index in [1.165, 1.54) is 13.0 Å². The fraction of sp³-hybridized carbons (Fsp3) is 1.00. The fourth-order valence-electron chi connectivity index (χ4n) is 2.52. The van der Waals surface area contributed by atoms with Crippen molar-refractivity contribution in [1.82, 2.24) is 10.2 Å². The quantitative estimate of drug-likeness (QED) is 0.692. The average molecular weight is 242 g/mol. The monoisotopic (exact) mass is 242 g/mol. The highest BCUT2D eigenvalue weighted by Gasteiger charge is 2.28. The topological polar surface area (TPSA) is 24.5 Å². The molecule has 1 aliphatic heterocycles. The Morgan fingerprint density at radius 3 is 2.65 bits per heavy atom. The maximum Gasteiger partial charge on any atom is 0.0593 e. The summed E-state index contributed by atoms with van der Waals surface area (Å²) >= 11 is 0. The highest BCUT2D eigenvalue weighted by Crippen LogP contribution is 2.15. The first kappa shape index (κ1) is 14.9. The number of rotatable bonds is 7. The maximum atomic E-state index is 5.62. The van der Waals surface area contributed by atoms with Crippen LogP contribution in [0, 0.1) is 5.92 Å². The molecule has 0 aromatic carbocycles. The maximum absolute atomic E-state index is 5.62. The van der Waals surface area contributed by atoms with Crippen molar-refractivity contribution in [2.45, 2.75) is 52.6 Å². The van der Waals surface area contributed by atoms with Crippen molar-refractivity contribution >= 4 is 0 Å². The summed E-state index contributed by atoms with van der Waals surface area (Å²) in [5, 5.41) is 3.65. The van der Waals surface area contributed by atoms with Gasteiger partial charge in [-0.25, -0.2) is 0 Å². The van der Waals surface area contributed by atoms with Gasteiger partial charge in [0.2, 0.25) is 0 Å². The number of piperazine rings is 1. The Morgan fingerprint density at radius 1 is 1.29 bits per heavy atom. The predicted molar refractivity (Wildman–Crippen MR) is 73.4 cm³/mol. The Hall–Kier alpha value is -0.120. The Labute approximate surface area is 107 Å². The van der Waals surface area contributed by atoms with Gasteiger partial charge in [0.1, 0.15) is 0 Å². The number of nitrogens with zero attached hydrogens (tertiary/aromatic N) is 1. The average Bonchev–Trinajstić information content (AvgIpc) is 2.34. The molecular weight excluding hydrogens is 212 g/mol. The number of hydrogen-bond donors (Lipinski definition) is 1. The van der Waals surface area contributed by atoms with Crippen LogP contribution in [0.15, 0.2) is 0 Å². The van der Waals surface area contributed by atoms with E-state index < -0.39 is 0 Å². The molecule has 0 spiro atoms. The molecule has 17 heavy (non-hydrogen) atoms. The molecule has 2 atom stereocenters. The third-order valence-electron chi connectivity index (χ3n) is 3.67. The molecule has 1 heterocycles. The molecule has 102 valence electrons. The molecule has 3 heteroatoms. The summed E-state index contributed by atoms with van der Waals surface area (Å²) in [4.78, 5) is 2.62. The minimum Gasteiger partial charge on any atom is -0.380 e. The third-order valence-corrected chi connectivity index (χ3v) is 3.67. The lowest BCUT2D eigenvalue weighted by Gasteiger charge is -2.42. The van der Waals surface area contributed by atoms with Gasteiger partial charge in [-0.15, -0.1) is 0 Å². The van der Waals surface area contributed by atoms with E-state index >= 15 is 0 Å². The first-order valence-corrected chi connectivity index (χ1v) is 7.24.